The molecular formula is C17H34N2O2. The van der Waals surface area contributed by atoms with Crippen molar-refractivity contribution in [3.63, 3.8) is 0 Å². The molecule has 0 bridgehead atoms. The first kappa shape index (κ1) is 18.4. The maximum absolute atomic E-state index is 12.1. The Morgan fingerprint density at radius 2 is 1.86 bits per heavy atom. The van der Waals surface area contributed by atoms with Gasteiger partial charge in [0.15, 0.2) is 0 Å². The minimum atomic E-state index is -0.0394. The number of ether oxygens (including phenoxy) is 1. The van der Waals surface area contributed by atoms with Crippen LogP contribution in [0.2, 0.25) is 0 Å². The molecular weight excluding hydrogens is 264 g/mol. The van der Waals surface area contributed by atoms with E-state index in [4.69, 9.17) is 4.74 Å². The van der Waals surface area contributed by atoms with Crippen molar-refractivity contribution >= 4 is 5.97 Å². The lowest BCUT2D eigenvalue weighted by Gasteiger charge is -2.42. The van der Waals surface area contributed by atoms with Crippen molar-refractivity contribution in [2.75, 3.05) is 32.8 Å². The molecule has 1 rings (SSSR count). The third-order valence-electron chi connectivity index (χ3n) is 4.90. The van der Waals surface area contributed by atoms with Gasteiger partial charge in [0.2, 0.25) is 0 Å². The molecule has 1 atom stereocenters. The molecule has 0 N–H and O–H groups in total. The van der Waals surface area contributed by atoms with Crippen molar-refractivity contribution in [3.8, 4) is 0 Å². The predicted molar refractivity (Wildman–Crippen MR) is 87.5 cm³/mol. The van der Waals surface area contributed by atoms with Crippen LogP contribution in [0, 0.1) is 0 Å². The lowest BCUT2D eigenvalue weighted by Crippen LogP contribution is -2.51. The smallest absolute Gasteiger partial charge is 0.307 e. The topological polar surface area (TPSA) is 32.8 Å². The monoisotopic (exact) mass is 298 g/mol. The number of carbonyl (C=O) groups excluding carboxylic acids is 1. The molecule has 0 aromatic carbocycles. The molecule has 1 saturated heterocycles. The van der Waals surface area contributed by atoms with Crippen LogP contribution in [0.3, 0.4) is 0 Å². The van der Waals surface area contributed by atoms with Crippen molar-refractivity contribution in [2.45, 2.75) is 71.9 Å². The summed E-state index contributed by atoms with van der Waals surface area (Å²) in [7, 11) is 0. The summed E-state index contributed by atoms with van der Waals surface area (Å²) in [5.41, 5.74) is -0.0145. The van der Waals surface area contributed by atoms with Gasteiger partial charge in [-0.3, -0.25) is 9.69 Å². The Balaban J connectivity index is 2.88. The molecule has 0 radical (unpaired) electrons. The number of likely N-dealkylation sites (tertiary alicyclic amines) is 1. The van der Waals surface area contributed by atoms with Crippen molar-refractivity contribution in [3.05, 3.63) is 0 Å². The van der Waals surface area contributed by atoms with E-state index in [1.807, 2.05) is 6.92 Å². The van der Waals surface area contributed by atoms with Crippen LogP contribution in [0.25, 0.3) is 0 Å². The van der Waals surface area contributed by atoms with E-state index in [9.17, 15) is 4.79 Å². The molecule has 1 unspecified atom stereocenters. The summed E-state index contributed by atoms with van der Waals surface area (Å²) in [6, 6.07) is 0.583. The minimum absolute atomic E-state index is 0.0145. The average Bonchev–Trinajstić information content (AvgIpc) is 2.64. The zero-order valence-electron chi connectivity index (χ0n) is 14.7. The molecule has 21 heavy (non-hydrogen) atoms. The second-order valence-corrected chi connectivity index (χ2v) is 6.36. The average molecular weight is 298 g/mol. The normalized spacial score (nSPS) is 24.3. The largest absolute Gasteiger partial charge is 0.466 e. The number of rotatable bonds is 7. The van der Waals surface area contributed by atoms with Gasteiger partial charge in [0.05, 0.1) is 13.0 Å². The zero-order chi connectivity index (χ0) is 15.9. The van der Waals surface area contributed by atoms with Crippen LogP contribution in [0.1, 0.15) is 60.3 Å². The SMILES string of the molecule is CCOC(=O)CC1(N(CC)CC)CCCN(C(C)C)CC1. The Kier molecular flexibility index (Phi) is 7.67. The van der Waals surface area contributed by atoms with E-state index >= 15 is 0 Å². The van der Waals surface area contributed by atoms with Gasteiger partial charge in [-0.25, -0.2) is 0 Å². The summed E-state index contributed by atoms with van der Waals surface area (Å²) in [6.07, 6.45) is 3.85. The lowest BCUT2D eigenvalue weighted by molar-refractivity contribution is -0.147. The second-order valence-electron chi connectivity index (χ2n) is 6.36. The quantitative estimate of drug-likeness (QED) is 0.677. The number of hydrogen-bond acceptors (Lipinski definition) is 4. The standard InChI is InChI=1S/C17H34N2O2/c1-6-19(7-2)17(14-16(20)21-8-3)10-9-12-18(13-11-17)15(4)5/h15H,6-14H2,1-5H3. The molecule has 4 heteroatoms. The van der Waals surface area contributed by atoms with Crippen LogP contribution < -0.4 is 0 Å². The summed E-state index contributed by atoms with van der Waals surface area (Å²) < 4.78 is 5.24. The molecule has 0 amide bonds. The third kappa shape index (κ3) is 4.96. The second kappa shape index (κ2) is 8.74. The van der Waals surface area contributed by atoms with Gasteiger partial charge in [-0.1, -0.05) is 13.8 Å². The molecule has 0 aliphatic carbocycles. The molecule has 1 fully saturated rings. The van der Waals surface area contributed by atoms with Gasteiger partial charge in [0, 0.05) is 18.1 Å². The van der Waals surface area contributed by atoms with Crippen LogP contribution in [0.5, 0.6) is 0 Å². The highest BCUT2D eigenvalue weighted by atomic mass is 16.5. The van der Waals surface area contributed by atoms with Crippen LogP contribution in [-0.4, -0.2) is 60.1 Å². The Hall–Kier alpha value is -0.610. The fraction of sp³-hybridized carbons (Fsp3) is 0.941. The molecule has 0 aromatic rings. The van der Waals surface area contributed by atoms with Crippen LogP contribution in [0.4, 0.5) is 0 Å². The Labute approximate surface area is 130 Å². The molecule has 0 spiro atoms. The molecule has 4 nitrogen and oxygen atoms in total. The Morgan fingerprint density at radius 1 is 1.19 bits per heavy atom. The van der Waals surface area contributed by atoms with Crippen molar-refractivity contribution in [1.82, 2.24) is 9.80 Å². The first-order valence-electron chi connectivity index (χ1n) is 8.63. The lowest BCUT2D eigenvalue weighted by atomic mass is 9.85. The summed E-state index contributed by atoms with van der Waals surface area (Å²) in [5.74, 6) is -0.0394. The highest BCUT2D eigenvalue weighted by molar-refractivity contribution is 5.71. The van der Waals surface area contributed by atoms with E-state index in [-0.39, 0.29) is 11.5 Å². The summed E-state index contributed by atoms with van der Waals surface area (Å²) in [6.45, 7) is 15.5. The first-order valence-corrected chi connectivity index (χ1v) is 8.63. The van der Waals surface area contributed by atoms with Gasteiger partial charge in [0.1, 0.15) is 0 Å². The Bertz CT molecular complexity index is 316. The van der Waals surface area contributed by atoms with E-state index in [0.29, 0.717) is 19.1 Å². The van der Waals surface area contributed by atoms with Crippen LogP contribution >= 0.6 is 0 Å². The number of hydrogen-bond donors (Lipinski definition) is 0. The van der Waals surface area contributed by atoms with E-state index in [0.717, 1.165) is 45.4 Å². The van der Waals surface area contributed by atoms with Crippen molar-refractivity contribution in [1.29, 1.82) is 0 Å². The minimum Gasteiger partial charge on any atom is -0.466 e. The first-order chi connectivity index (χ1) is 9.99. The summed E-state index contributed by atoms with van der Waals surface area (Å²) in [5, 5.41) is 0. The molecule has 1 heterocycles. The van der Waals surface area contributed by atoms with Gasteiger partial charge in [0.25, 0.3) is 0 Å². The van der Waals surface area contributed by atoms with E-state index in [1.165, 1.54) is 0 Å². The summed E-state index contributed by atoms with van der Waals surface area (Å²) in [4.78, 5) is 17.1. The van der Waals surface area contributed by atoms with Gasteiger partial charge in [-0.05, 0) is 59.7 Å². The number of esters is 1. The number of carbonyl (C=O) groups is 1. The van der Waals surface area contributed by atoms with Gasteiger partial charge in [-0.2, -0.15) is 0 Å². The van der Waals surface area contributed by atoms with E-state index < -0.39 is 0 Å². The summed E-state index contributed by atoms with van der Waals surface area (Å²) >= 11 is 0. The zero-order valence-corrected chi connectivity index (χ0v) is 14.7. The van der Waals surface area contributed by atoms with Crippen LogP contribution in [0.15, 0.2) is 0 Å². The Morgan fingerprint density at radius 3 is 2.38 bits per heavy atom. The highest BCUT2D eigenvalue weighted by Gasteiger charge is 2.39. The van der Waals surface area contributed by atoms with Crippen molar-refractivity contribution < 1.29 is 9.53 Å². The van der Waals surface area contributed by atoms with Gasteiger partial charge < -0.3 is 9.64 Å². The predicted octanol–water partition coefficient (Wildman–Crippen LogP) is 2.91. The molecule has 1 aliphatic rings. The maximum atomic E-state index is 12.1. The van der Waals surface area contributed by atoms with Gasteiger partial charge >= 0.3 is 5.97 Å². The fourth-order valence-corrected chi connectivity index (χ4v) is 3.70. The number of nitrogens with zero attached hydrogens (tertiary/aromatic N) is 2. The molecule has 0 aromatic heterocycles. The molecule has 0 saturated carbocycles. The van der Waals surface area contributed by atoms with E-state index in [1.54, 1.807) is 0 Å². The van der Waals surface area contributed by atoms with E-state index in [2.05, 4.69) is 37.5 Å². The van der Waals surface area contributed by atoms with Gasteiger partial charge in [-0.15, -0.1) is 0 Å². The molecule has 1 aliphatic heterocycles. The van der Waals surface area contributed by atoms with Crippen LogP contribution in [-0.2, 0) is 9.53 Å². The fourth-order valence-electron chi connectivity index (χ4n) is 3.70. The molecule has 124 valence electrons. The maximum Gasteiger partial charge on any atom is 0.307 e. The third-order valence-corrected chi connectivity index (χ3v) is 4.90. The van der Waals surface area contributed by atoms with Crippen molar-refractivity contribution in [2.24, 2.45) is 0 Å². The highest BCUT2D eigenvalue weighted by Crippen LogP contribution is 2.33.